The molecule has 0 spiro atoms. The molecular weight excluding hydrogens is 661 g/mol. The van der Waals surface area contributed by atoms with Crippen LogP contribution in [0.5, 0.6) is 0 Å². The number of esters is 2. The van der Waals surface area contributed by atoms with Gasteiger partial charge in [-0.05, 0) is 51.4 Å². The molecule has 0 aliphatic rings. The predicted molar refractivity (Wildman–Crippen MR) is 199 cm³/mol. The minimum atomic E-state index is -4.71. The first-order valence-corrected chi connectivity index (χ1v) is 20.5. The summed E-state index contributed by atoms with van der Waals surface area (Å²) in [5.41, 5.74) is 5.31. The van der Waals surface area contributed by atoms with Gasteiger partial charge in [-0.2, -0.15) is 0 Å². The molecule has 12 heteroatoms. The van der Waals surface area contributed by atoms with Crippen molar-refractivity contribution in [3.8, 4) is 0 Å². The zero-order chi connectivity index (χ0) is 37.1. The van der Waals surface area contributed by atoms with Gasteiger partial charge in [0.1, 0.15) is 12.6 Å². The summed E-state index contributed by atoms with van der Waals surface area (Å²) in [6.45, 7) is 2.70. The number of allylic oxidation sites excluding steroid dienone is 6. The quantitative estimate of drug-likeness (QED) is 0.0246. The third-order valence-corrected chi connectivity index (χ3v) is 8.84. The molecule has 3 atom stereocenters. The van der Waals surface area contributed by atoms with Crippen LogP contribution in [-0.4, -0.2) is 59.9 Å². The largest absolute Gasteiger partial charge is 0.480 e. The number of rotatable bonds is 35. The smallest absolute Gasteiger partial charge is 0.472 e. The molecule has 0 radical (unpaired) electrons. The number of ether oxygens (including phenoxy) is 2. The summed E-state index contributed by atoms with van der Waals surface area (Å²) < 4.78 is 32.5. The van der Waals surface area contributed by atoms with Crippen molar-refractivity contribution in [3.63, 3.8) is 0 Å². The van der Waals surface area contributed by atoms with Gasteiger partial charge in [0.2, 0.25) is 0 Å². The Balaban J connectivity index is 4.43. The molecule has 0 saturated heterocycles. The van der Waals surface area contributed by atoms with Gasteiger partial charge < -0.3 is 25.2 Å². The molecule has 0 fully saturated rings. The molecular formula is C38H68NO10P. The Morgan fingerprint density at radius 3 is 1.62 bits per heavy atom. The number of hydrogen-bond acceptors (Lipinski definition) is 9. The first kappa shape index (κ1) is 47.7. The number of nitrogens with two attached hydrogens (primary N) is 1. The molecule has 0 saturated carbocycles. The van der Waals surface area contributed by atoms with E-state index >= 15 is 0 Å². The highest BCUT2D eigenvalue weighted by atomic mass is 31.2. The van der Waals surface area contributed by atoms with Crippen LogP contribution in [0.15, 0.2) is 36.5 Å². The zero-order valence-electron chi connectivity index (χ0n) is 31.0. The van der Waals surface area contributed by atoms with Gasteiger partial charge in [-0.1, -0.05) is 127 Å². The van der Waals surface area contributed by atoms with Gasteiger partial charge in [0.25, 0.3) is 0 Å². The monoisotopic (exact) mass is 729 g/mol. The van der Waals surface area contributed by atoms with E-state index in [2.05, 4.69) is 54.8 Å². The maximum Gasteiger partial charge on any atom is 0.472 e. The van der Waals surface area contributed by atoms with Crippen LogP contribution in [0.1, 0.15) is 155 Å². The minimum Gasteiger partial charge on any atom is -0.480 e. The Hall–Kier alpha value is -2.30. The SMILES string of the molecule is CCCCC/C=C/C/C=C/C/C=C/CCCCCCC(=O)OC[C@@H](COP(=O)(O)OC[C@@H](N)C(=O)O)OC(=O)CCCCCCCCCCC. The number of hydrogen-bond donors (Lipinski definition) is 3. The predicted octanol–water partition coefficient (Wildman–Crippen LogP) is 9.28. The van der Waals surface area contributed by atoms with Gasteiger partial charge in [0, 0.05) is 12.8 Å². The molecule has 11 nitrogen and oxygen atoms in total. The van der Waals surface area contributed by atoms with E-state index in [0.717, 1.165) is 57.8 Å². The van der Waals surface area contributed by atoms with Crippen LogP contribution in [0.25, 0.3) is 0 Å². The molecule has 0 aromatic heterocycles. The number of carbonyl (C=O) groups excluding carboxylic acids is 2. The van der Waals surface area contributed by atoms with Crippen LogP contribution >= 0.6 is 7.82 Å². The number of unbranched alkanes of at least 4 members (excludes halogenated alkanes) is 15. The number of carboxylic acids is 1. The second kappa shape index (κ2) is 33.8. The lowest BCUT2D eigenvalue weighted by molar-refractivity contribution is -0.161. The van der Waals surface area contributed by atoms with Crippen LogP contribution in [0, 0.1) is 0 Å². The fraction of sp³-hybridized carbons (Fsp3) is 0.763. The summed E-state index contributed by atoms with van der Waals surface area (Å²) in [6, 6.07) is -1.52. The molecule has 0 amide bonds. The Morgan fingerprint density at radius 2 is 1.06 bits per heavy atom. The van der Waals surface area contributed by atoms with Crippen molar-refractivity contribution >= 4 is 25.7 Å². The Kier molecular flexibility index (Phi) is 32.3. The Bertz CT molecular complexity index is 1000. The van der Waals surface area contributed by atoms with Crippen molar-refractivity contribution in [2.75, 3.05) is 19.8 Å². The maximum atomic E-state index is 12.5. The molecule has 0 aliphatic carbocycles. The number of carboxylic acid groups (broad SMARTS) is 1. The Labute approximate surface area is 302 Å². The molecule has 50 heavy (non-hydrogen) atoms. The lowest BCUT2D eigenvalue weighted by Crippen LogP contribution is -2.34. The van der Waals surface area contributed by atoms with E-state index in [1.807, 2.05) is 0 Å². The van der Waals surface area contributed by atoms with Gasteiger partial charge >= 0.3 is 25.7 Å². The summed E-state index contributed by atoms with van der Waals surface area (Å²) in [6.07, 6.45) is 33.7. The van der Waals surface area contributed by atoms with Crippen molar-refractivity contribution in [1.29, 1.82) is 0 Å². The number of phosphoric ester groups is 1. The van der Waals surface area contributed by atoms with E-state index in [1.54, 1.807) is 0 Å². The average Bonchev–Trinajstić information content (AvgIpc) is 3.09. The highest BCUT2D eigenvalue weighted by molar-refractivity contribution is 7.47. The van der Waals surface area contributed by atoms with Gasteiger partial charge in [-0.15, -0.1) is 0 Å². The molecule has 0 rings (SSSR count). The van der Waals surface area contributed by atoms with Crippen LogP contribution < -0.4 is 5.73 Å². The van der Waals surface area contributed by atoms with Gasteiger partial charge in [0.05, 0.1) is 13.2 Å². The van der Waals surface area contributed by atoms with Gasteiger partial charge in [0.15, 0.2) is 6.10 Å². The molecule has 0 aromatic rings. The van der Waals surface area contributed by atoms with Crippen molar-refractivity contribution < 1.29 is 47.5 Å². The summed E-state index contributed by atoms with van der Waals surface area (Å²) in [5, 5.41) is 8.84. The highest BCUT2D eigenvalue weighted by Gasteiger charge is 2.28. The van der Waals surface area contributed by atoms with Crippen molar-refractivity contribution in [2.45, 2.75) is 167 Å². The molecule has 0 aromatic carbocycles. The van der Waals surface area contributed by atoms with E-state index in [4.69, 9.17) is 24.8 Å². The topological polar surface area (TPSA) is 172 Å². The highest BCUT2D eigenvalue weighted by Crippen LogP contribution is 2.43. The lowest BCUT2D eigenvalue weighted by Gasteiger charge is -2.20. The van der Waals surface area contributed by atoms with Gasteiger partial charge in [-0.3, -0.25) is 23.4 Å². The molecule has 0 heterocycles. The minimum absolute atomic E-state index is 0.157. The third kappa shape index (κ3) is 32.9. The average molecular weight is 730 g/mol. The molecule has 290 valence electrons. The van der Waals surface area contributed by atoms with E-state index in [0.29, 0.717) is 12.8 Å². The van der Waals surface area contributed by atoms with Crippen LogP contribution in [0.2, 0.25) is 0 Å². The lowest BCUT2D eigenvalue weighted by atomic mass is 10.1. The van der Waals surface area contributed by atoms with Gasteiger partial charge in [-0.25, -0.2) is 4.57 Å². The van der Waals surface area contributed by atoms with E-state index in [1.165, 1.54) is 57.8 Å². The van der Waals surface area contributed by atoms with Crippen molar-refractivity contribution in [3.05, 3.63) is 36.5 Å². The number of phosphoric acid groups is 1. The second-order valence-corrected chi connectivity index (χ2v) is 14.2. The summed E-state index contributed by atoms with van der Waals surface area (Å²) in [5.74, 6) is -2.41. The fourth-order valence-electron chi connectivity index (χ4n) is 4.83. The normalized spacial score (nSPS) is 14.3. The first-order valence-electron chi connectivity index (χ1n) is 19.0. The molecule has 0 aliphatic heterocycles. The van der Waals surface area contributed by atoms with Crippen molar-refractivity contribution in [2.24, 2.45) is 5.73 Å². The fourth-order valence-corrected chi connectivity index (χ4v) is 5.61. The molecule has 1 unspecified atom stereocenters. The van der Waals surface area contributed by atoms with Crippen LogP contribution in [0.3, 0.4) is 0 Å². The summed E-state index contributed by atoms with van der Waals surface area (Å²) in [4.78, 5) is 45.6. The molecule has 0 bridgehead atoms. The molecule has 4 N–H and O–H groups in total. The zero-order valence-corrected chi connectivity index (χ0v) is 31.9. The van der Waals surface area contributed by atoms with E-state index in [-0.39, 0.29) is 19.4 Å². The number of carbonyl (C=O) groups is 3. The first-order chi connectivity index (χ1) is 24.1. The maximum absolute atomic E-state index is 12.5. The second-order valence-electron chi connectivity index (χ2n) is 12.7. The van der Waals surface area contributed by atoms with Crippen molar-refractivity contribution in [1.82, 2.24) is 0 Å². The van der Waals surface area contributed by atoms with Crippen LogP contribution in [0.4, 0.5) is 0 Å². The van der Waals surface area contributed by atoms with E-state index in [9.17, 15) is 23.8 Å². The summed E-state index contributed by atoms with van der Waals surface area (Å²) in [7, 11) is -4.71. The standard InChI is InChI=1S/C38H68NO10P/c1-3-5-7-9-11-13-14-15-16-17-18-19-20-22-23-25-27-29-36(40)46-31-34(32-47-50(44,45)48-33-35(39)38(42)43)49-37(41)30-28-26-24-21-12-10-8-6-4-2/h11,13,15-16,18-19,34-35H,3-10,12,14,17,20-33,39H2,1-2H3,(H,42,43)(H,44,45)/b13-11+,16-15+,19-18+/t34-,35+/m0/s1. The summed E-state index contributed by atoms with van der Waals surface area (Å²) >= 11 is 0. The number of aliphatic carboxylic acids is 1. The Morgan fingerprint density at radius 1 is 0.620 bits per heavy atom. The third-order valence-electron chi connectivity index (χ3n) is 7.89. The van der Waals surface area contributed by atoms with Crippen LogP contribution in [-0.2, 0) is 37.5 Å². The van der Waals surface area contributed by atoms with E-state index < -0.39 is 51.1 Å².